The van der Waals surface area contributed by atoms with Crippen LogP contribution >= 0.6 is 35.0 Å². The number of thioether (sulfide) groups is 1. The van der Waals surface area contributed by atoms with Crippen LogP contribution in [0.15, 0.2) is 52.4 Å². The van der Waals surface area contributed by atoms with Gasteiger partial charge in [-0.15, -0.1) is 0 Å². The average Bonchev–Trinajstić information content (AvgIpc) is 3.06. The SMILES string of the molecule is CCc1ccccc1N=C1S/C(=C/c2ccc(Cl)cc2Cl)C(=O)N1C1CCCCC1. The third-order valence-electron chi connectivity index (χ3n) is 5.61. The van der Waals surface area contributed by atoms with Crippen LogP contribution in [0.5, 0.6) is 0 Å². The number of hydrogen-bond acceptors (Lipinski definition) is 3. The lowest BCUT2D eigenvalue weighted by molar-refractivity contribution is -0.124. The van der Waals surface area contributed by atoms with Gasteiger partial charge in [0.2, 0.25) is 0 Å². The van der Waals surface area contributed by atoms with Gasteiger partial charge in [-0.2, -0.15) is 0 Å². The van der Waals surface area contributed by atoms with Crippen molar-refractivity contribution in [3.05, 3.63) is 68.5 Å². The number of hydrogen-bond donors (Lipinski definition) is 0. The van der Waals surface area contributed by atoms with Crippen molar-refractivity contribution in [3.63, 3.8) is 0 Å². The van der Waals surface area contributed by atoms with Gasteiger partial charge in [-0.25, -0.2) is 4.99 Å². The molecular formula is C24H24Cl2N2OS. The van der Waals surface area contributed by atoms with Gasteiger partial charge in [-0.05, 0) is 66.4 Å². The largest absolute Gasteiger partial charge is 0.283 e. The minimum Gasteiger partial charge on any atom is -0.283 e. The molecule has 0 atom stereocenters. The molecule has 6 heteroatoms. The Morgan fingerprint density at radius 1 is 1.13 bits per heavy atom. The summed E-state index contributed by atoms with van der Waals surface area (Å²) < 4.78 is 0. The number of para-hydroxylation sites is 1. The van der Waals surface area contributed by atoms with E-state index in [1.54, 1.807) is 12.1 Å². The third kappa shape index (κ3) is 4.61. The minimum absolute atomic E-state index is 0.0191. The van der Waals surface area contributed by atoms with Crippen LogP contribution < -0.4 is 0 Å². The number of aryl methyl sites for hydroxylation is 1. The molecule has 0 aromatic heterocycles. The van der Waals surface area contributed by atoms with Gasteiger partial charge in [-0.1, -0.05) is 73.7 Å². The molecule has 0 radical (unpaired) electrons. The van der Waals surface area contributed by atoms with E-state index >= 15 is 0 Å². The summed E-state index contributed by atoms with van der Waals surface area (Å²) in [5.41, 5.74) is 2.90. The topological polar surface area (TPSA) is 32.7 Å². The van der Waals surface area contributed by atoms with E-state index in [1.165, 1.54) is 23.7 Å². The highest BCUT2D eigenvalue weighted by molar-refractivity contribution is 8.18. The molecule has 1 aliphatic carbocycles. The Morgan fingerprint density at radius 3 is 2.63 bits per heavy atom. The molecule has 2 aromatic rings. The van der Waals surface area contributed by atoms with Gasteiger partial charge in [-0.3, -0.25) is 9.69 Å². The molecule has 30 heavy (non-hydrogen) atoms. The zero-order valence-electron chi connectivity index (χ0n) is 16.9. The van der Waals surface area contributed by atoms with Crippen LogP contribution in [-0.2, 0) is 11.2 Å². The van der Waals surface area contributed by atoms with E-state index < -0.39 is 0 Å². The second-order valence-corrected chi connectivity index (χ2v) is 9.47. The van der Waals surface area contributed by atoms with Gasteiger partial charge in [0, 0.05) is 16.1 Å². The lowest BCUT2D eigenvalue weighted by Crippen LogP contribution is -2.40. The molecule has 0 spiro atoms. The minimum atomic E-state index is 0.0191. The van der Waals surface area contributed by atoms with E-state index in [-0.39, 0.29) is 11.9 Å². The summed E-state index contributed by atoms with van der Waals surface area (Å²) in [6.45, 7) is 2.12. The Bertz CT molecular complexity index is 1010. The number of amidine groups is 1. The molecule has 156 valence electrons. The first-order valence-electron chi connectivity index (χ1n) is 10.4. The molecule has 1 saturated heterocycles. The smallest absolute Gasteiger partial charge is 0.267 e. The van der Waals surface area contributed by atoms with Crippen molar-refractivity contribution < 1.29 is 4.79 Å². The Labute approximate surface area is 192 Å². The molecule has 1 amide bonds. The molecule has 2 aromatic carbocycles. The Kier molecular flexibility index (Phi) is 6.87. The summed E-state index contributed by atoms with van der Waals surface area (Å²) in [6, 6.07) is 13.7. The van der Waals surface area contributed by atoms with Crippen molar-refractivity contribution >= 4 is 57.8 Å². The Hall–Kier alpha value is -1.75. The maximum atomic E-state index is 13.4. The molecule has 4 rings (SSSR count). The number of amides is 1. The maximum absolute atomic E-state index is 13.4. The molecule has 3 nitrogen and oxygen atoms in total. The molecule has 1 aliphatic heterocycles. The normalized spacial score (nSPS) is 20.5. The zero-order valence-corrected chi connectivity index (χ0v) is 19.2. The molecular weight excluding hydrogens is 435 g/mol. The van der Waals surface area contributed by atoms with Crippen molar-refractivity contribution in [2.45, 2.75) is 51.5 Å². The Balaban J connectivity index is 1.74. The summed E-state index contributed by atoms with van der Waals surface area (Å²) in [6.07, 6.45) is 8.35. The number of benzene rings is 2. The fourth-order valence-electron chi connectivity index (χ4n) is 4.01. The van der Waals surface area contributed by atoms with Crippen LogP contribution in [0.2, 0.25) is 10.0 Å². The Morgan fingerprint density at radius 2 is 1.90 bits per heavy atom. The average molecular weight is 459 g/mol. The molecule has 2 aliphatic rings. The van der Waals surface area contributed by atoms with Gasteiger partial charge < -0.3 is 0 Å². The molecule has 1 heterocycles. The number of nitrogens with zero attached hydrogens (tertiary/aromatic N) is 2. The summed E-state index contributed by atoms with van der Waals surface area (Å²) >= 11 is 13.8. The fourth-order valence-corrected chi connectivity index (χ4v) is 5.51. The quantitative estimate of drug-likeness (QED) is 0.444. The number of rotatable bonds is 4. The third-order valence-corrected chi connectivity index (χ3v) is 7.16. The van der Waals surface area contributed by atoms with Crippen LogP contribution in [0, 0.1) is 0 Å². The maximum Gasteiger partial charge on any atom is 0.267 e. The van der Waals surface area contributed by atoms with E-state index in [4.69, 9.17) is 28.2 Å². The number of halogens is 2. The predicted molar refractivity (Wildman–Crippen MR) is 129 cm³/mol. The van der Waals surface area contributed by atoms with Crippen molar-refractivity contribution in [1.29, 1.82) is 0 Å². The highest BCUT2D eigenvalue weighted by Crippen LogP contribution is 2.39. The van der Waals surface area contributed by atoms with Crippen LogP contribution in [0.1, 0.15) is 50.2 Å². The highest BCUT2D eigenvalue weighted by atomic mass is 35.5. The molecule has 0 unspecified atom stereocenters. The summed E-state index contributed by atoms with van der Waals surface area (Å²) in [7, 11) is 0. The number of carbonyl (C=O) groups is 1. The van der Waals surface area contributed by atoms with E-state index in [2.05, 4.69) is 13.0 Å². The first-order chi connectivity index (χ1) is 14.6. The van der Waals surface area contributed by atoms with Crippen LogP contribution in [0.3, 0.4) is 0 Å². The second-order valence-electron chi connectivity index (χ2n) is 7.62. The van der Waals surface area contributed by atoms with Crippen LogP contribution in [0.4, 0.5) is 5.69 Å². The predicted octanol–water partition coefficient (Wildman–Crippen LogP) is 7.49. The second kappa shape index (κ2) is 9.59. The van der Waals surface area contributed by atoms with E-state index in [9.17, 15) is 4.79 Å². The molecule has 2 fully saturated rings. The lowest BCUT2D eigenvalue weighted by Gasteiger charge is -2.30. The van der Waals surface area contributed by atoms with E-state index in [0.29, 0.717) is 15.0 Å². The van der Waals surface area contributed by atoms with Crippen LogP contribution in [0.25, 0.3) is 6.08 Å². The monoisotopic (exact) mass is 458 g/mol. The number of aliphatic imine (C=N–C) groups is 1. The van der Waals surface area contributed by atoms with Crippen LogP contribution in [-0.4, -0.2) is 22.0 Å². The van der Waals surface area contributed by atoms with E-state index in [0.717, 1.165) is 48.5 Å². The first kappa shape index (κ1) is 21.5. The standard InChI is InChI=1S/C24H24Cl2N2OS/c1-2-16-8-6-7-11-21(16)27-24-28(19-9-4-3-5-10-19)23(29)22(30-24)14-17-12-13-18(25)15-20(17)26/h6-8,11-15,19H,2-5,9-10H2,1H3/b22-14+,27-24?. The van der Waals surface area contributed by atoms with Crippen molar-refractivity contribution in [2.24, 2.45) is 4.99 Å². The summed E-state index contributed by atoms with van der Waals surface area (Å²) in [4.78, 5) is 21.0. The summed E-state index contributed by atoms with van der Waals surface area (Å²) in [5.74, 6) is 0.0191. The van der Waals surface area contributed by atoms with Gasteiger partial charge in [0.1, 0.15) is 0 Å². The van der Waals surface area contributed by atoms with Gasteiger partial charge in [0.15, 0.2) is 5.17 Å². The van der Waals surface area contributed by atoms with Gasteiger partial charge >= 0.3 is 0 Å². The fraction of sp³-hybridized carbons (Fsp3) is 0.333. The molecule has 0 N–H and O–H groups in total. The molecule has 0 bridgehead atoms. The zero-order chi connectivity index (χ0) is 21.1. The first-order valence-corrected chi connectivity index (χ1v) is 12.0. The highest BCUT2D eigenvalue weighted by Gasteiger charge is 2.38. The van der Waals surface area contributed by atoms with Crippen molar-refractivity contribution in [2.75, 3.05) is 0 Å². The van der Waals surface area contributed by atoms with Gasteiger partial charge in [0.05, 0.1) is 10.6 Å². The van der Waals surface area contributed by atoms with Crippen molar-refractivity contribution in [1.82, 2.24) is 4.90 Å². The molecule has 1 saturated carbocycles. The van der Waals surface area contributed by atoms with Gasteiger partial charge in [0.25, 0.3) is 5.91 Å². The summed E-state index contributed by atoms with van der Waals surface area (Å²) in [5, 5.41) is 1.88. The number of carbonyl (C=O) groups excluding carboxylic acids is 1. The van der Waals surface area contributed by atoms with E-state index in [1.807, 2.05) is 35.2 Å². The van der Waals surface area contributed by atoms with Crippen molar-refractivity contribution in [3.8, 4) is 0 Å². The lowest BCUT2D eigenvalue weighted by atomic mass is 9.94.